The third-order valence-electron chi connectivity index (χ3n) is 10.5. The normalized spacial score (nSPS) is 16.3. The van der Waals surface area contributed by atoms with Crippen LogP contribution in [0.15, 0.2) is 157 Å². The van der Waals surface area contributed by atoms with Crippen molar-refractivity contribution in [1.82, 2.24) is 19.4 Å². The van der Waals surface area contributed by atoms with Gasteiger partial charge < -0.3 is 14.0 Å². The Balaban J connectivity index is 1.20. The Morgan fingerprint density at radius 3 is 2.14 bits per heavy atom. The lowest BCUT2D eigenvalue weighted by Crippen LogP contribution is -2.46. The lowest BCUT2D eigenvalue weighted by atomic mass is 10.0. The van der Waals surface area contributed by atoms with Crippen molar-refractivity contribution in [3.63, 3.8) is 0 Å². The Labute approximate surface area is 292 Å². The number of nitrogens with zero attached hydrogens (tertiary/aromatic N) is 3. The molecule has 4 heteroatoms. The molecule has 0 aliphatic carbocycles. The van der Waals surface area contributed by atoms with Crippen LogP contribution in [0.4, 0.5) is 0 Å². The van der Waals surface area contributed by atoms with Gasteiger partial charge in [-0.15, -0.1) is 0 Å². The van der Waals surface area contributed by atoms with E-state index in [4.69, 9.17) is 0 Å². The smallest absolute Gasteiger partial charge is 0.107 e. The van der Waals surface area contributed by atoms with Crippen LogP contribution in [0, 0.1) is 0 Å². The molecule has 2 aromatic heterocycles. The summed E-state index contributed by atoms with van der Waals surface area (Å²) in [6.45, 7) is 5.32. The van der Waals surface area contributed by atoms with E-state index in [1.807, 2.05) is 0 Å². The van der Waals surface area contributed by atoms with Crippen LogP contribution >= 0.6 is 0 Å². The standard InChI is InChI=1S/C46H40N4/c1-4-15-41(34-25-26-39-37-20-10-13-24-43(37)50(44(39)30-34)35-18-6-5-7-19-35)48(3)46-36(22-14-27-47-46)31(2)49-42-23-12-11-21-38(42)40-28-32-16-8-9-17-33(32)29-45(40)49/h5-26,28-30,46-47H,4,27H2,1-3H3/b36-31+,41-15+. The lowest BCUT2D eigenvalue weighted by molar-refractivity contribution is 0.339. The van der Waals surface area contributed by atoms with Gasteiger partial charge in [0.2, 0.25) is 0 Å². The minimum Gasteiger partial charge on any atom is -0.355 e. The van der Waals surface area contributed by atoms with Gasteiger partial charge in [-0.3, -0.25) is 5.32 Å². The van der Waals surface area contributed by atoms with Gasteiger partial charge in [0.1, 0.15) is 6.17 Å². The summed E-state index contributed by atoms with van der Waals surface area (Å²) in [4.78, 5) is 2.44. The average molecular weight is 649 g/mol. The molecule has 0 saturated carbocycles. The van der Waals surface area contributed by atoms with Crippen molar-refractivity contribution in [2.45, 2.75) is 26.4 Å². The molecule has 50 heavy (non-hydrogen) atoms. The zero-order chi connectivity index (χ0) is 33.8. The summed E-state index contributed by atoms with van der Waals surface area (Å²) in [5.74, 6) is 0. The fourth-order valence-electron chi connectivity index (χ4n) is 8.16. The largest absolute Gasteiger partial charge is 0.355 e. The van der Waals surface area contributed by atoms with Gasteiger partial charge >= 0.3 is 0 Å². The maximum atomic E-state index is 3.86. The lowest BCUT2D eigenvalue weighted by Gasteiger charge is -2.36. The van der Waals surface area contributed by atoms with Crippen LogP contribution < -0.4 is 5.32 Å². The van der Waals surface area contributed by atoms with Crippen LogP contribution in [0.25, 0.3) is 71.5 Å². The fourth-order valence-corrected chi connectivity index (χ4v) is 8.16. The van der Waals surface area contributed by atoms with Gasteiger partial charge in [-0.2, -0.15) is 0 Å². The molecular weight excluding hydrogens is 609 g/mol. The highest BCUT2D eigenvalue weighted by atomic mass is 15.3. The first-order valence-electron chi connectivity index (χ1n) is 17.7. The molecule has 1 unspecified atom stereocenters. The number of rotatable bonds is 6. The predicted octanol–water partition coefficient (Wildman–Crippen LogP) is 11.1. The van der Waals surface area contributed by atoms with Gasteiger partial charge in [-0.05, 0) is 72.1 Å². The topological polar surface area (TPSA) is 25.1 Å². The Morgan fingerprint density at radius 1 is 0.700 bits per heavy atom. The second kappa shape index (κ2) is 12.2. The van der Waals surface area contributed by atoms with Gasteiger partial charge in [-0.25, -0.2) is 0 Å². The maximum absolute atomic E-state index is 3.86. The highest BCUT2D eigenvalue weighted by molar-refractivity contribution is 6.14. The molecule has 0 saturated heterocycles. The van der Waals surface area contributed by atoms with Gasteiger partial charge in [0.25, 0.3) is 0 Å². The van der Waals surface area contributed by atoms with E-state index in [1.165, 1.54) is 82.6 Å². The maximum Gasteiger partial charge on any atom is 0.107 e. The summed E-state index contributed by atoms with van der Waals surface area (Å²) in [6.07, 6.45) is 7.86. The molecule has 0 spiro atoms. The third-order valence-corrected chi connectivity index (χ3v) is 10.5. The Bertz CT molecular complexity index is 2670. The minimum atomic E-state index is -0.0230. The Hall–Kier alpha value is -5.84. The van der Waals surface area contributed by atoms with Crippen LogP contribution in [0.5, 0.6) is 0 Å². The van der Waals surface area contributed by atoms with Crippen LogP contribution in [0.3, 0.4) is 0 Å². The fraction of sp³-hybridized carbons (Fsp3) is 0.130. The number of hydrogen-bond acceptors (Lipinski definition) is 2. The molecule has 0 bridgehead atoms. The van der Waals surface area contributed by atoms with E-state index in [9.17, 15) is 0 Å². The summed E-state index contributed by atoms with van der Waals surface area (Å²) in [5.41, 5.74) is 11.0. The molecule has 0 radical (unpaired) electrons. The second-order valence-corrected chi connectivity index (χ2v) is 13.4. The van der Waals surface area contributed by atoms with Crippen LogP contribution in [0.2, 0.25) is 0 Å². The highest BCUT2D eigenvalue weighted by Crippen LogP contribution is 2.38. The van der Waals surface area contributed by atoms with Crippen molar-refractivity contribution < 1.29 is 0 Å². The van der Waals surface area contributed by atoms with Gasteiger partial charge in [0, 0.05) is 57.8 Å². The van der Waals surface area contributed by atoms with E-state index in [0.717, 1.165) is 13.0 Å². The monoisotopic (exact) mass is 648 g/mol. The summed E-state index contributed by atoms with van der Waals surface area (Å²) in [6, 6.07) is 48.7. The SMILES string of the molecule is CC/C=C(\c1ccc2c3ccccc3n(-c3ccccc3)c2c1)N(C)C1NCC=C/C1=C(/C)n1c2ccccc2c2cc3ccccc3cc21. The van der Waals surface area contributed by atoms with Crippen LogP contribution in [-0.4, -0.2) is 33.8 Å². The molecule has 0 amide bonds. The molecular formula is C46H40N4. The number of fused-ring (bicyclic) bond motifs is 7. The van der Waals surface area contributed by atoms with Gasteiger partial charge in [0.05, 0.1) is 22.1 Å². The number of hydrogen-bond donors (Lipinski definition) is 1. The van der Waals surface area contributed by atoms with Gasteiger partial charge in [-0.1, -0.05) is 116 Å². The minimum absolute atomic E-state index is 0.0230. The Kier molecular flexibility index (Phi) is 7.40. The van der Waals surface area contributed by atoms with E-state index in [1.54, 1.807) is 0 Å². The number of likely N-dealkylation sites (N-methyl/N-ethyl adjacent to an activating group) is 1. The molecule has 1 aliphatic rings. The molecule has 244 valence electrons. The average Bonchev–Trinajstić information content (AvgIpc) is 3.67. The second-order valence-electron chi connectivity index (χ2n) is 13.4. The van der Waals surface area contributed by atoms with E-state index >= 15 is 0 Å². The molecule has 4 nitrogen and oxygen atoms in total. The summed E-state index contributed by atoms with van der Waals surface area (Å²) < 4.78 is 4.87. The number of para-hydroxylation sites is 3. The number of benzene rings is 6. The summed E-state index contributed by atoms with van der Waals surface area (Å²) in [5, 5.41) is 11.5. The molecule has 1 aliphatic heterocycles. The van der Waals surface area contributed by atoms with Crippen molar-refractivity contribution in [2.24, 2.45) is 0 Å². The Morgan fingerprint density at radius 2 is 1.36 bits per heavy atom. The molecule has 3 heterocycles. The van der Waals surface area contributed by atoms with Crippen molar-refractivity contribution in [1.29, 1.82) is 0 Å². The van der Waals surface area contributed by atoms with Crippen molar-refractivity contribution in [3.8, 4) is 5.69 Å². The van der Waals surface area contributed by atoms with E-state index in [2.05, 4.69) is 192 Å². The first-order valence-corrected chi connectivity index (χ1v) is 17.7. The molecule has 9 rings (SSSR count). The molecule has 1 N–H and O–H groups in total. The number of aromatic nitrogens is 2. The first kappa shape index (κ1) is 30.2. The quantitative estimate of drug-likeness (QED) is 0.194. The van der Waals surface area contributed by atoms with Gasteiger partial charge in [0.15, 0.2) is 0 Å². The van der Waals surface area contributed by atoms with Crippen LogP contribution in [-0.2, 0) is 0 Å². The van der Waals surface area contributed by atoms with Crippen molar-refractivity contribution >= 4 is 65.8 Å². The van der Waals surface area contributed by atoms with Crippen molar-refractivity contribution in [2.75, 3.05) is 13.6 Å². The van der Waals surface area contributed by atoms with Crippen molar-refractivity contribution in [3.05, 3.63) is 163 Å². The third kappa shape index (κ3) is 4.79. The first-order chi connectivity index (χ1) is 24.6. The summed E-state index contributed by atoms with van der Waals surface area (Å²) in [7, 11) is 2.24. The van der Waals surface area contributed by atoms with E-state index < -0.39 is 0 Å². The number of nitrogens with one attached hydrogen (secondary N) is 1. The molecule has 8 aromatic rings. The highest BCUT2D eigenvalue weighted by Gasteiger charge is 2.26. The van der Waals surface area contributed by atoms with Crippen LogP contribution in [0.1, 0.15) is 25.8 Å². The molecule has 1 atom stereocenters. The van der Waals surface area contributed by atoms with E-state index in [0.29, 0.717) is 0 Å². The van der Waals surface area contributed by atoms with E-state index in [-0.39, 0.29) is 6.17 Å². The number of allylic oxidation sites excluding steroid dienone is 2. The molecule has 0 fully saturated rings. The zero-order valence-electron chi connectivity index (χ0n) is 28.8. The zero-order valence-corrected chi connectivity index (χ0v) is 28.8. The predicted molar refractivity (Wildman–Crippen MR) is 214 cm³/mol. The summed E-state index contributed by atoms with van der Waals surface area (Å²) >= 11 is 0. The molecule has 6 aromatic carbocycles.